The van der Waals surface area contributed by atoms with Crippen LogP contribution in [0.3, 0.4) is 0 Å². The normalized spacial score (nSPS) is 26.4. The van der Waals surface area contributed by atoms with Gasteiger partial charge in [-0.3, -0.25) is 19.3 Å². The molecule has 1 aromatic carbocycles. The Bertz CT molecular complexity index is 1390. The van der Waals surface area contributed by atoms with Crippen LogP contribution in [-0.2, 0) is 22.6 Å². The van der Waals surface area contributed by atoms with E-state index in [1.54, 1.807) is 14.1 Å². The summed E-state index contributed by atoms with van der Waals surface area (Å²) in [7, 11) is 8.83. The molecule has 0 fully saturated rings. The van der Waals surface area contributed by atoms with Gasteiger partial charge in [0.1, 0.15) is 22.8 Å². The van der Waals surface area contributed by atoms with E-state index in [4.69, 9.17) is 5.73 Å². The first-order valence-electron chi connectivity index (χ1n) is 13.7. The number of carbonyl (C=O) groups excluding carboxylic acids is 3. The summed E-state index contributed by atoms with van der Waals surface area (Å²) in [5, 5.41) is 45.7. The number of likely N-dealkylation sites (N-methyl/N-ethyl adjacent to an activating group) is 1. The zero-order valence-electron chi connectivity index (χ0n) is 25.1. The fourth-order valence-corrected chi connectivity index (χ4v) is 7.03. The Morgan fingerprint density at radius 3 is 2.22 bits per heavy atom. The topological polar surface area (TPSA) is 168 Å². The number of allylic oxidation sites excluding steroid dienone is 1. The Labute approximate surface area is 240 Å². The van der Waals surface area contributed by atoms with Crippen LogP contribution in [0.5, 0.6) is 5.75 Å². The molecule has 6 N–H and O–H groups in total. The van der Waals surface area contributed by atoms with Crippen molar-refractivity contribution in [2.24, 2.45) is 23.0 Å². The number of phenols is 1. The molecule has 224 valence electrons. The standard InChI is InChI=1S/C30H42N4O7/c1-29(2,3)13-34(8)12-15-11-18(32(4)5)16-9-14-10-17-22(33(6)7)25(37)21(28(31)40)27(39)30(17,41)26(38)19(14)24(36)20(16)23(15)35/h11,14,17,22,35,37-38,41H,9-10,12-13H2,1-8H3,(H2,31,40). The lowest BCUT2D eigenvalue weighted by molar-refractivity contribution is -0.148. The van der Waals surface area contributed by atoms with Crippen LogP contribution in [0.25, 0.3) is 0 Å². The molecule has 0 saturated heterocycles. The predicted molar refractivity (Wildman–Crippen MR) is 154 cm³/mol. The number of anilines is 1. The maximum atomic E-state index is 14.1. The molecule has 0 aliphatic heterocycles. The third-order valence-corrected chi connectivity index (χ3v) is 8.44. The second-order valence-corrected chi connectivity index (χ2v) is 13.3. The Balaban J connectivity index is 1.91. The number of aliphatic hydroxyl groups excluding tert-OH is 2. The highest BCUT2D eigenvalue weighted by molar-refractivity contribution is 6.24. The van der Waals surface area contributed by atoms with Gasteiger partial charge in [0.15, 0.2) is 11.4 Å². The lowest BCUT2D eigenvalue weighted by Crippen LogP contribution is -2.63. The monoisotopic (exact) mass is 570 g/mol. The summed E-state index contributed by atoms with van der Waals surface area (Å²) >= 11 is 0. The van der Waals surface area contributed by atoms with Crippen molar-refractivity contribution in [2.75, 3.05) is 46.7 Å². The summed E-state index contributed by atoms with van der Waals surface area (Å²) < 4.78 is 0. The molecule has 0 heterocycles. The molecule has 4 rings (SSSR count). The van der Waals surface area contributed by atoms with Crippen LogP contribution in [-0.4, -0.2) is 101 Å². The molecule has 0 saturated carbocycles. The fraction of sp³-hybridized carbons (Fsp3) is 0.567. The number of nitrogens with two attached hydrogens (primary N) is 1. The van der Waals surface area contributed by atoms with E-state index in [0.717, 1.165) is 12.2 Å². The number of carbonyl (C=O) groups is 3. The minimum Gasteiger partial charge on any atom is -0.510 e. The van der Waals surface area contributed by atoms with Gasteiger partial charge in [0, 0.05) is 49.9 Å². The average molecular weight is 571 g/mol. The first-order valence-corrected chi connectivity index (χ1v) is 13.7. The van der Waals surface area contributed by atoms with Crippen LogP contribution in [0, 0.1) is 17.3 Å². The molecule has 0 bridgehead atoms. The van der Waals surface area contributed by atoms with Gasteiger partial charge in [-0.1, -0.05) is 20.8 Å². The Morgan fingerprint density at radius 1 is 1.10 bits per heavy atom. The van der Waals surface area contributed by atoms with Gasteiger partial charge in [0.25, 0.3) is 5.91 Å². The van der Waals surface area contributed by atoms with Crippen molar-refractivity contribution >= 4 is 23.2 Å². The van der Waals surface area contributed by atoms with Crippen LogP contribution in [0.4, 0.5) is 5.69 Å². The molecule has 0 spiro atoms. The van der Waals surface area contributed by atoms with Gasteiger partial charge in [-0.15, -0.1) is 0 Å². The van der Waals surface area contributed by atoms with E-state index in [2.05, 4.69) is 20.8 Å². The summed E-state index contributed by atoms with van der Waals surface area (Å²) in [4.78, 5) is 45.3. The van der Waals surface area contributed by atoms with Gasteiger partial charge >= 0.3 is 0 Å². The summed E-state index contributed by atoms with van der Waals surface area (Å²) in [6, 6.07) is 0.845. The van der Waals surface area contributed by atoms with E-state index in [0.29, 0.717) is 17.7 Å². The maximum Gasteiger partial charge on any atom is 0.255 e. The summed E-state index contributed by atoms with van der Waals surface area (Å²) in [5.41, 5.74) is 3.67. The molecule has 3 aliphatic rings. The van der Waals surface area contributed by atoms with Gasteiger partial charge in [-0.25, -0.2) is 0 Å². The van der Waals surface area contributed by atoms with E-state index in [9.17, 15) is 34.8 Å². The highest BCUT2D eigenvalue weighted by Gasteiger charge is 2.63. The second kappa shape index (κ2) is 10.1. The minimum absolute atomic E-state index is 0.000274. The molecule has 0 radical (unpaired) electrons. The lowest BCUT2D eigenvalue weighted by atomic mass is 9.58. The van der Waals surface area contributed by atoms with Crippen molar-refractivity contribution in [3.63, 3.8) is 0 Å². The molecule has 4 unspecified atom stereocenters. The number of benzene rings is 1. The molecule has 4 atom stereocenters. The number of ketones is 2. The number of fused-ring (bicyclic) bond motifs is 3. The molecule has 1 aromatic rings. The summed E-state index contributed by atoms with van der Waals surface area (Å²) in [6.07, 6.45) is 0.295. The van der Waals surface area contributed by atoms with Gasteiger partial charge in [-0.2, -0.15) is 0 Å². The van der Waals surface area contributed by atoms with Crippen LogP contribution in [0.15, 0.2) is 28.7 Å². The molecule has 11 nitrogen and oxygen atoms in total. The number of hydrogen-bond acceptors (Lipinski definition) is 10. The molecule has 11 heteroatoms. The molecule has 3 aliphatic carbocycles. The predicted octanol–water partition coefficient (Wildman–Crippen LogP) is 1.66. The number of amides is 1. The molecule has 1 amide bonds. The first kappa shape index (κ1) is 30.5. The highest BCUT2D eigenvalue weighted by Crippen LogP contribution is 2.53. The van der Waals surface area contributed by atoms with Crippen molar-refractivity contribution < 1.29 is 34.8 Å². The number of rotatable bonds is 6. The molecular weight excluding hydrogens is 528 g/mol. The summed E-state index contributed by atoms with van der Waals surface area (Å²) in [5.74, 6) is -6.51. The SMILES string of the molecule is CN(Cc1cc(N(C)C)c2c(c1O)C(=O)C1=C(O)C3(O)C(=O)C(C(N)=O)=C(O)C(N(C)C)C3CC1C2)CC(C)(C)C. The molecular formula is C30H42N4O7. The van der Waals surface area contributed by atoms with Crippen molar-refractivity contribution in [3.05, 3.63) is 45.4 Å². The van der Waals surface area contributed by atoms with Crippen molar-refractivity contribution in [2.45, 2.75) is 51.8 Å². The van der Waals surface area contributed by atoms with E-state index in [-0.39, 0.29) is 35.1 Å². The van der Waals surface area contributed by atoms with Crippen molar-refractivity contribution in [1.29, 1.82) is 0 Å². The van der Waals surface area contributed by atoms with Crippen LogP contribution >= 0.6 is 0 Å². The van der Waals surface area contributed by atoms with Crippen molar-refractivity contribution in [3.8, 4) is 5.75 Å². The van der Waals surface area contributed by atoms with Crippen LogP contribution in [0.1, 0.15) is 48.7 Å². The number of Topliss-reactive ketones (excluding diaryl/α,β-unsaturated/α-hetero) is 2. The highest BCUT2D eigenvalue weighted by atomic mass is 16.3. The third-order valence-electron chi connectivity index (χ3n) is 8.44. The number of nitrogens with zero attached hydrogens (tertiary/aromatic N) is 3. The average Bonchev–Trinajstić information content (AvgIpc) is 2.81. The number of aromatic hydroxyl groups is 1. The molecule has 41 heavy (non-hydrogen) atoms. The van der Waals surface area contributed by atoms with Crippen molar-refractivity contribution in [1.82, 2.24) is 9.80 Å². The van der Waals surface area contributed by atoms with Crippen LogP contribution in [0.2, 0.25) is 0 Å². The van der Waals surface area contributed by atoms with E-state index < -0.39 is 58.0 Å². The van der Waals surface area contributed by atoms with Gasteiger partial charge < -0.3 is 36.0 Å². The first-order chi connectivity index (χ1) is 18.8. The third kappa shape index (κ3) is 4.79. The Hall–Kier alpha value is -3.41. The smallest absolute Gasteiger partial charge is 0.255 e. The number of hydrogen-bond donors (Lipinski definition) is 5. The number of phenolic OH excluding ortho intramolecular Hbond substituents is 1. The van der Waals surface area contributed by atoms with Gasteiger partial charge in [0.05, 0.1) is 11.6 Å². The lowest BCUT2D eigenvalue weighted by Gasteiger charge is -2.50. The number of primary amides is 1. The second-order valence-electron chi connectivity index (χ2n) is 13.3. The Morgan fingerprint density at radius 2 is 1.71 bits per heavy atom. The van der Waals surface area contributed by atoms with Gasteiger partial charge in [0.2, 0.25) is 5.78 Å². The summed E-state index contributed by atoms with van der Waals surface area (Å²) in [6.45, 7) is 7.41. The minimum atomic E-state index is -2.66. The number of aliphatic hydroxyl groups is 3. The maximum absolute atomic E-state index is 14.1. The fourth-order valence-electron chi connectivity index (χ4n) is 7.03. The Kier molecular flexibility index (Phi) is 7.56. The van der Waals surface area contributed by atoms with E-state index in [1.165, 1.54) is 4.90 Å². The zero-order valence-corrected chi connectivity index (χ0v) is 25.1. The molecule has 0 aromatic heterocycles. The quantitative estimate of drug-likeness (QED) is 0.317. The van der Waals surface area contributed by atoms with E-state index in [1.807, 2.05) is 37.0 Å². The largest absolute Gasteiger partial charge is 0.510 e. The van der Waals surface area contributed by atoms with Gasteiger partial charge in [-0.05, 0) is 56.9 Å². The van der Waals surface area contributed by atoms with Crippen LogP contribution < -0.4 is 10.6 Å². The zero-order chi connectivity index (χ0) is 30.9. The van der Waals surface area contributed by atoms with E-state index >= 15 is 0 Å².